The van der Waals surface area contributed by atoms with Crippen LogP contribution >= 0.6 is 11.6 Å². The quantitative estimate of drug-likeness (QED) is 0.404. The van der Waals surface area contributed by atoms with Crippen LogP contribution in [0.5, 0.6) is 0 Å². The Morgan fingerprint density at radius 1 is 1.00 bits per heavy atom. The third-order valence-corrected chi connectivity index (χ3v) is 5.71. The molecule has 2 aromatic heterocycles. The third-order valence-electron chi connectivity index (χ3n) is 5.36. The summed E-state index contributed by atoms with van der Waals surface area (Å²) in [7, 11) is 0. The molecule has 0 atom stereocenters. The molecule has 0 aliphatic rings. The summed E-state index contributed by atoms with van der Waals surface area (Å²) in [6.45, 7) is 5.98. The molecule has 7 nitrogen and oxygen atoms in total. The lowest BCUT2D eigenvalue weighted by molar-refractivity contribution is -0.115. The summed E-state index contributed by atoms with van der Waals surface area (Å²) in [4.78, 5) is 12.3. The summed E-state index contributed by atoms with van der Waals surface area (Å²) in [5.41, 5.74) is 4.64. The lowest BCUT2D eigenvalue weighted by Gasteiger charge is -2.10. The monoisotopic (exact) mass is 464 g/mol. The molecule has 0 spiro atoms. The van der Waals surface area contributed by atoms with Crippen LogP contribution in [0.15, 0.2) is 54.6 Å². The molecule has 0 bridgehead atoms. The van der Waals surface area contributed by atoms with Gasteiger partial charge in [0.05, 0.1) is 12.1 Å². The minimum atomic E-state index is -0.502. The van der Waals surface area contributed by atoms with E-state index in [4.69, 9.17) is 11.6 Å². The molecular weight excluding hydrogens is 443 g/mol. The number of aryl methyl sites for hydroxylation is 1. The normalized spacial score (nSPS) is 10.8. The first kappa shape index (κ1) is 22.4. The van der Waals surface area contributed by atoms with Crippen molar-refractivity contribution < 1.29 is 9.18 Å². The first-order valence-corrected chi connectivity index (χ1v) is 10.7. The third kappa shape index (κ3) is 5.01. The molecule has 2 heterocycles. The van der Waals surface area contributed by atoms with Crippen LogP contribution in [-0.2, 0) is 11.2 Å². The maximum atomic E-state index is 13.9. The topological polar surface area (TPSA) is 84.7 Å². The van der Waals surface area contributed by atoms with Crippen molar-refractivity contribution in [1.29, 1.82) is 0 Å². The first-order chi connectivity index (χ1) is 15.8. The fourth-order valence-electron chi connectivity index (χ4n) is 3.30. The second-order valence-electron chi connectivity index (χ2n) is 7.61. The fraction of sp³-hybridized carbons (Fsp3) is 0.167. The van der Waals surface area contributed by atoms with Crippen molar-refractivity contribution in [2.24, 2.45) is 0 Å². The Labute approximate surface area is 195 Å². The Morgan fingerprint density at radius 3 is 2.33 bits per heavy atom. The van der Waals surface area contributed by atoms with E-state index in [9.17, 15) is 9.18 Å². The van der Waals surface area contributed by atoms with E-state index in [-0.39, 0.29) is 22.9 Å². The maximum absolute atomic E-state index is 13.9. The van der Waals surface area contributed by atoms with Gasteiger partial charge in [-0.3, -0.25) is 4.79 Å². The van der Waals surface area contributed by atoms with Crippen LogP contribution in [0.25, 0.3) is 5.82 Å². The van der Waals surface area contributed by atoms with Gasteiger partial charge in [0.15, 0.2) is 11.6 Å². The van der Waals surface area contributed by atoms with Crippen molar-refractivity contribution in [3.05, 3.63) is 88.0 Å². The highest BCUT2D eigenvalue weighted by atomic mass is 35.5. The number of carbonyl (C=O) groups is 1. The van der Waals surface area contributed by atoms with Crippen LogP contribution in [-0.4, -0.2) is 25.9 Å². The summed E-state index contributed by atoms with van der Waals surface area (Å²) in [6.07, 6.45) is -0.151. The van der Waals surface area contributed by atoms with Crippen molar-refractivity contribution in [2.45, 2.75) is 27.2 Å². The molecular formula is C24H22ClFN6O. The van der Waals surface area contributed by atoms with Crippen LogP contribution in [0.2, 0.25) is 5.02 Å². The molecule has 0 unspecified atom stereocenters. The van der Waals surface area contributed by atoms with Crippen LogP contribution < -0.4 is 10.6 Å². The number of anilines is 3. The van der Waals surface area contributed by atoms with Gasteiger partial charge in [-0.2, -0.15) is 5.10 Å². The Hall–Kier alpha value is -3.78. The first-order valence-electron chi connectivity index (χ1n) is 10.3. The molecule has 0 aliphatic heterocycles. The van der Waals surface area contributed by atoms with E-state index in [0.29, 0.717) is 17.3 Å². The van der Waals surface area contributed by atoms with E-state index < -0.39 is 5.82 Å². The molecule has 0 fully saturated rings. The number of amides is 1. The van der Waals surface area contributed by atoms with Crippen LogP contribution in [0.3, 0.4) is 0 Å². The fourth-order valence-corrected chi connectivity index (χ4v) is 3.53. The summed E-state index contributed by atoms with van der Waals surface area (Å²) < 4.78 is 15.7. The average Bonchev–Trinajstić information content (AvgIpc) is 3.05. The molecule has 4 rings (SSSR count). The van der Waals surface area contributed by atoms with Gasteiger partial charge in [-0.1, -0.05) is 17.7 Å². The molecule has 4 aromatic rings. The molecule has 0 saturated carbocycles. The van der Waals surface area contributed by atoms with E-state index in [1.54, 1.807) is 35.0 Å². The molecule has 0 radical (unpaired) electrons. The Morgan fingerprint density at radius 2 is 1.73 bits per heavy atom. The van der Waals surface area contributed by atoms with Gasteiger partial charge in [-0.15, -0.1) is 10.2 Å². The molecule has 9 heteroatoms. The highest BCUT2D eigenvalue weighted by Gasteiger charge is 2.13. The van der Waals surface area contributed by atoms with E-state index in [1.807, 2.05) is 32.9 Å². The predicted octanol–water partition coefficient (Wildman–Crippen LogP) is 5.30. The average molecular weight is 465 g/mol. The van der Waals surface area contributed by atoms with Crippen molar-refractivity contribution in [3.63, 3.8) is 0 Å². The number of hydrogen-bond donors (Lipinski definition) is 2. The van der Waals surface area contributed by atoms with Gasteiger partial charge in [0.25, 0.3) is 0 Å². The minimum absolute atomic E-state index is 0.151. The van der Waals surface area contributed by atoms with Crippen molar-refractivity contribution >= 4 is 34.7 Å². The van der Waals surface area contributed by atoms with Crippen LogP contribution in [0.1, 0.15) is 22.5 Å². The van der Waals surface area contributed by atoms with Crippen molar-refractivity contribution in [3.8, 4) is 5.82 Å². The van der Waals surface area contributed by atoms with E-state index in [2.05, 4.69) is 25.9 Å². The number of halogens is 2. The molecule has 2 N–H and O–H groups in total. The molecule has 0 aliphatic carbocycles. The maximum Gasteiger partial charge on any atom is 0.228 e. The summed E-state index contributed by atoms with van der Waals surface area (Å²) in [5.74, 6) is 0.353. The zero-order chi connectivity index (χ0) is 23.5. The highest BCUT2D eigenvalue weighted by molar-refractivity contribution is 6.31. The van der Waals surface area contributed by atoms with Gasteiger partial charge in [-0.05, 0) is 74.9 Å². The lowest BCUT2D eigenvalue weighted by atomic mass is 10.1. The SMILES string of the molecule is Cc1nn(-c2ccc(Nc3ccc(NC(=O)Cc4c(F)cccc4Cl)cc3)nn2)c(C)c1C. The zero-order valence-corrected chi connectivity index (χ0v) is 19.1. The second-order valence-corrected chi connectivity index (χ2v) is 8.02. The van der Waals surface area contributed by atoms with Gasteiger partial charge in [0.2, 0.25) is 5.91 Å². The number of aromatic nitrogens is 4. The number of carbonyl (C=O) groups excluding carboxylic acids is 1. The summed E-state index contributed by atoms with van der Waals surface area (Å²) in [6, 6.07) is 15.1. The van der Waals surface area contributed by atoms with Gasteiger partial charge in [0.1, 0.15) is 5.82 Å². The smallest absolute Gasteiger partial charge is 0.228 e. The number of nitrogens with one attached hydrogen (secondary N) is 2. The predicted molar refractivity (Wildman–Crippen MR) is 127 cm³/mol. The minimum Gasteiger partial charge on any atom is -0.339 e. The number of benzene rings is 2. The molecule has 2 aromatic carbocycles. The molecule has 33 heavy (non-hydrogen) atoms. The number of rotatable bonds is 6. The number of nitrogens with zero attached hydrogens (tertiary/aromatic N) is 4. The highest BCUT2D eigenvalue weighted by Crippen LogP contribution is 2.22. The second kappa shape index (κ2) is 9.38. The van der Waals surface area contributed by atoms with Crippen molar-refractivity contribution in [2.75, 3.05) is 10.6 Å². The van der Waals surface area contributed by atoms with Gasteiger partial charge < -0.3 is 10.6 Å². The number of hydrogen-bond acceptors (Lipinski definition) is 5. The van der Waals surface area contributed by atoms with E-state index >= 15 is 0 Å². The zero-order valence-electron chi connectivity index (χ0n) is 18.4. The van der Waals surface area contributed by atoms with Crippen molar-refractivity contribution in [1.82, 2.24) is 20.0 Å². The molecule has 168 valence electrons. The van der Waals surface area contributed by atoms with Crippen LogP contribution in [0.4, 0.5) is 21.6 Å². The van der Waals surface area contributed by atoms with Gasteiger partial charge in [0, 0.05) is 27.7 Å². The summed E-state index contributed by atoms with van der Waals surface area (Å²) in [5, 5.41) is 19.1. The van der Waals surface area contributed by atoms with Gasteiger partial charge in [-0.25, -0.2) is 9.07 Å². The Bertz CT molecular complexity index is 1280. The lowest BCUT2D eigenvalue weighted by Crippen LogP contribution is -2.15. The Balaban J connectivity index is 1.38. The standard InChI is InChI=1S/C24H22ClFN6O/c1-14-15(2)31-32(16(14)3)23-12-11-22(29-30-23)27-17-7-9-18(10-8-17)28-24(33)13-19-20(25)5-4-6-21(19)26/h4-12H,13H2,1-3H3,(H,27,29)(H,28,33). The van der Waals surface area contributed by atoms with Gasteiger partial charge >= 0.3 is 0 Å². The largest absolute Gasteiger partial charge is 0.339 e. The Kier molecular flexibility index (Phi) is 6.37. The molecule has 0 saturated heterocycles. The molecule has 1 amide bonds. The van der Waals surface area contributed by atoms with Crippen LogP contribution in [0, 0.1) is 26.6 Å². The van der Waals surface area contributed by atoms with E-state index in [1.165, 1.54) is 12.1 Å². The van der Waals surface area contributed by atoms with E-state index in [0.717, 1.165) is 22.6 Å². The summed E-state index contributed by atoms with van der Waals surface area (Å²) >= 11 is 5.99.